The molecule has 1 rings (SSSR count). The molecule has 0 unspecified atom stereocenters. The fourth-order valence-corrected chi connectivity index (χ4v) is 2.26. The van der Waals surface area contributed by atoms with Crippen molar-refractivity contribution >= 4 is 45.1 Å². The molecule has 0 radical (unpaired) electrons. The van der Waals surface area contributed by atoms with E-state index in [4.69, 9.17) is 5.11 Å². The highest BCUT2D eigenvalue weighted by Gasteiger charge is 2.24. The molecule has 0 aliphatic rings. The van der Waals surface area contributed by atoms with Crippen molar-refractivity contribution in [2.75, 3.05) is 7.11 Å². The summed E-state index contributed by atoms with van der Waals surface area (Å²) in [5.41, 5.74) is 0.336. The van der Waals surface area contributed by atoms with Gasteiger partial charge in [0.2, 0.25) is 0 Å². The zero-order valence-corrected chi connectivity index (χ0v) is 11.7. The fraction of sp³-hybridized carbons (Fsp3) is 0.300. The highest BCUT2D eigenvalue weighted by atomic mass is 79.9. The summed E-state index contributed by atoms with van der Waals surface area (Å²) >= 11 is 4.50. The second-order valence-electron chi connectivity index (χ2n) is 3.28. The number of esters is 1. The number of aliphatic carboxylic acids is 1. The molecule has 0 saturated carbocycles. The number of carbonyl (C=O) groups is 3. The van der Waals surface area contributed by atoms with Crippen LogP contribution >= 0.6 is 27.3 Å². The summed E-state index contributed by atoms with van der Waals surface area (Å²) in [4.78, 5) is 33.6. The van der Waals surface area contributed by atoms with Gasteiger partial charge in [0.05, 0.1) is 22.9 Å². The molecule has 0 spiro atoms. The second-order valence-corrected chi connectivity index (χ2v) is 5.57. The van der Waals surface area contributed by atoms with Gasteiger partial charge in [-0.15, -0.1) is 11.3 Å². The van der Waals surface area contributed by atoms with Crippen LogP contribution in [0.15, 0.2) is 15.2 Å². The number of carboxylic acid groups (broad SMARTS) is 1. The van der Waals surface area contributed by atoms with Crippen molar-refractivity contribution in [2.24, 2.45) is 0 Å². The predicted octanol–water partition coefficient (Wildman–Crippen LogP) is 1.26. The number of carbonyl (C=O) groups excluding carboxylic acids is 2. The number of ether oxygens (including phenoxy) is 1. The summed E-state index contributed by atoms with van der Waals surface area (Å²) in [6.45, 7) is 0. The number of nitrogens with one attached hydrogen (secondary N) is 1. The molecule has 1 atom stereocenters. The standard InChI is InChI=1S/C10H10BrNO5S/c1-17-8(13)3-6(10(15)16)12-9(14)5-2-7(11)18-4-5/h2,4,6H,3H2,1H3,(H,12,14)(H,15,16)/t6-/m0/s1. The van der Waals surface area contributed by atoms with Crippen molar-refractivity contribution in [3.8, 4) is 0 Å². The van der Waals surface area contributed by atoms with Crippen LogP contribution in [-0.2, 0) is 14.3 Å². The molecule has 8 heteroatoms. The van der Waals surface area contributed by atoms with E-state index in [0.717, 1.165) is 10.9 Å². The van der Waals surface area contributed by atoms with Crippen LogP contribution in [0.5, 0.6) is 0 Å². The summed E-state index contributed by atoms with van der Waals surface area (Å²) in [7, 11) is 1.15. The van der Waals surface area contributed by atoms with Crippen LogP contribution in [0, 0.1) is 0 Å². The zero-order chi connectivity index (χ0) is 13.7. The van der Waals surface area contributed by atoms with Crippen molar-refractivity contribution in [2.45, 2.75) is 12.5 Å². The van der Waals surface area contributed by atoms with E-state index < -0.39 is 30.3 Å². The van der Waals surface area contributed by atoms with Gasteiger partial charge in [-0.1, -0.05) is 0 Å². The lowest BCUT2D eigenvalue weighted by atomic mass is 10.2. The summed E-state index contributed by atoms with van der Waals surface area (Å²) in [6.07, 6.45) is -0.414. The molecule has 2 N–H and O–H groups in total. The maximum Gasteiger partial charge on any atom is 0.326 e. The van der Waals surface area contributed by atoms with Crippen LogP contribution < -0.4 is 5.32 Å². The quantitative estimate of drug-likeness (QED) is 0.790. The Labute approximate surface area is 115 Å². The topological polar surface area (TPSA) is 92.7 Å². The molecule has 0 aromatic carbocycles. The maximum atomic E-state index is 11.7. The molecular formula is C10H10BrNO5S. The SMILES string of the molecule is COC(=O)C[C@H](NC(=O)c1csc(Br)c1)C(=O)O. The lowest BCUT2D eigenvalue weighted by molar-refractivity contribution is -0.147. The lowest BCUT2D eigenvalue weighted by Gasteiger charge is -2.12. The van der Waals surface area contributed by atoms with E-state index in [1.54, 1.807) is 11.4 Å². The number of halogens is 1. The zero-order valence-electron chi connectivity index (χ0n) is 9.31. The third-order valence-corrected chi connectivity index (χ3v) is 3.54. The van der Waals surface area contributed by atoms with E-state index in [1.165, 1.54) is 11.3 Å². The number of methoxy groups -OCH3 is 1. The van der Waals surface area contributed by atoms with Crippen LogP contribution in [0.1, 0.15) is 16.8 Å². The Hall–Kier alpha value is -1.41. The largest absolute Gasteiger partial charge is 0.480 e. The molecule has 18 heavy (non-hydrogen) atoms. The van der Waals surface area contributed by atoms with Crippen LogP contribution in [0.2, 0.25) is 0 Å². The molecule has 1 amide bonds. The normalized spacial score (nSPS) is 11.7. The first kappa shape index (κ1) is 14.7. The van der Waals surface area contributed by atoms with E-state index >= 15 is 0 Å². The third-order valence-electron chi connectivity index (χ3n) is 2.03. The van der Waals surface area contributed by atoms with E-state index in [0.29, 0.717) is 5.56 Å². The van der Waals surface area contributed by atoms with Crippen molar-refractivity contribution in [3.05, 3.63) is 20.8 Å². The highest BCUT2D eigenvalue weighted by molar-refractivity contribution is 9.11. The molecule has 6 nitrogen and oxygen atoms in total. The molecule has 1 aromatic rings. The first-order chi connectivity index (χ1) is 8.43. The molecule has 1 aromatic heterocycles. The number of hydrogen-bond acceptors (Lipinski definition) is 5. The molecule has 0 saturated heterocycles. The van der Waals surface area contributed by atoms with Crippen LogP contribution in [0.3, 0.4) is 0 Å². The van der Waals surface area contributed by atoms with Gasteiger partial charge in [-0.2, -0.15) is 0 Å². The molecule has 0 bridgehead atoms. The van der Waals surface area contributed by atoms with E-state index in [1.807, 2.05) is 0 Å². The van der Waals surface area contributed by atoms with E-state index in [-0.39, 0.29) is 0 Å². The Morgan fingerprint density at radius 2 is 2.22 bits per heavy atom. The van der Waals surface area contributed by atoms with Crippen LogP contribution in [-0.4, -0.2) is 36.1 Å². The van der Waals surface area contributed by atoms with E-state index in [9.17, 15) is 14.4 Å². The Morgan fingerprint density at radius 1 is 1.56 bits per heavy atom. The maximum absolute atomic E-state index is 11.7. The molecule has 0 aliphatic heterocycles. The average Bonchev–Trinajstić information content (AvgIpc) is 2.74. The Kier molecular flexibility index (Phi) is 5.29. The van der Waals surface area contributed by atoms with Gasteiger partial charge in [-0.25, -0.2) is 4.79 Å². The molecule has 1 heterocycles. The van der Waals surface area contributed by atoms with Gasteiger partial charge in [-0.05, 0) is 22.0 Å². The molecule has 0 aliphatic carbocycles. The van der Waals surface area contributed by atoms with Crippen LogP contribution in [0.4, 0.5) is 0 Å². The van der Waals surface area contributed by atoms with Crippen molar-refractivity contribution in [1.82, 2.24) is 5.32 Å². The predicted molar refractivity (Wildman–Crippen MR) is 67.5 cm³/mol. The number of rotatable bonds is 5. The van der Waals surface area contributed by atoms with Crippen LogP contribution in [0.25, 0.3) is 0 Å². The second kappa shape index (κ2) is 6.50. The Bertz CT molecular complexity index is 473. The summed E-state index contributed by atoms with van der Waals surface area (Å²) in [5.74, 6) is -2.54. The van der Waals surface area contributed by atoms with Gasteiger partial charge in [0.25, 0.3) is 5.91 Å². The molecular weight excluding hydrogens is 326 g/mol. The molecule has 0 fully saturated rings. The fourth-order valence-electron chi connectivity index (χ4n) is 1.12. The van der Waals surface area contributed by atoms with Gasteiger partial charge in [-0.3, -0.25) is 9.59 Å². The number of amides is 1. The monoisotopic (exact) mass is 335 g/mol. The smallest absolute Gasteiger partial charge is 0.326 e. The van der Waals surface area contributed by atoms with Crippen molar-refractivity contribution < 1.29 is 24.2 Å². The van der Waals surface area contributed by atoms with Gasteiger partial charge in [0.15, 0.2) is 0 Å². The van der Waals surface area contributed by atoms with Gasteiger partial charge < -0.3 is 15.2 Å². The Morgan fingerprint density at radius 3 is 2.67 bits per heavy atom. The van der Waals surface area contributed by atoms with E-state index in [2.05, 4.69) is 26.0 Å². The van der Waals surface area contributed by atoms with Crippen molar-refractivity contribution in [1.29, 1.82) is 0 Å². The first-order valence-electron chi connectivity index (χ1n) is 4.78. The average molecular weight is 336 g/mol. The van der Waals surface area contributed by atoms with Gasteiger partial charge >= 0.3 is 11.9 Å². The summed E-state index contributed by atoms with van der Waals surface area (Å²) in [6, 6.07) is 0.264. The minimum Gasteiger partial charge on any atom is -0.480 e. The number of carboxylic acids is 1. The minimum absolute atomic E-state index is 0.336. The number of hydrogen-bond donors (Lipinski definition) is 2. The first-order valence-corrected chi connectivity index (χ1v) is 6.45. The molecule has 98 valence electrons. The minimum atomic E-state index is -1.30. The summed E-state index contributed by atoms with van der Waals surface area (Å²) in [5, 5.41) is 12.7. The number of thiophene rings is 1. The lowest BCUT2D eigenvalue weighted by Crippen LogP contribution is -2.42. The third kappa shape index (κ3) is 4.11. The highest BCUT2D eigenvalue weighted by Crippen LogP contribution is 2.20. The Balaban J connectivity index is 2.69. The van der Waals surface area contributed by atoms with Crippen molar-refractivity contribution in [3.63, 3.8) is 0 Å². The summed E-state index contributed by atoms with van der Waals surface area (Å²) < 4.78 is 5.12. The van der Waals surface area contributed by atoms with Gasteiger partial charge in [0, 0.05) is 5.38 Å². The van der Waals surface area contributed by atoms with Gasteiger partial charge in [0.1, 0.15) is 6.04 Å².